The predicted molar refractivity (Wildman–Crippen MR) is 54.4 cm³/mol. The summed E-state index contributed by atoms with van der Waals surface area (Å²) in [5.41, 5.74) is 7.60. The van der Waals surface area contributed by atoms with Gasteiger partial charge < -0.3 is 0 Å². The fourth-order valence-corrected chi connectivity index (χ4v) is 2.69. The zero-order chi connectivity index (χ0) is 11.6. The molecule has 0 aliphatic carbocycles. The Morgan fingerprint density at radius 2 is 2.00 bits per heavy atom. The van der Waals surface area contributed by atoms with E-state index in [0.29, 0.717) is 0 Å². The Balaban J connectivity index is 3.06. The van der Waals surface area contributed by atoms with Crippen LogP contribution < -0.4 is 30.7 Å². The quantitative estimate of drug-likeness (QED) is 0.244. The van der Waals surface area contributed by atoms with Gasteiger partial charge in [-0.05, 0) is 0 Å². The molecule has 0 saturated heterocycles. The van der Waals surface area contributed by atoms with Gasteiger partial charge in [-0.1, -0.05) is 0 Å². The van der Waals surface area contributed by atoms with Crippen LogP contribution in [0, 0.1) is 8.78 Å². The van der Waals surface area contributed by atoms with Gasteiger partial charge >= 0.3 is 100 Å². The Morgan fingerprint density at radius 1 is 1.40 bits per heavy atom. The molecule has 0 saturated carbocycles. The average molecular weight is 323 g/mol. The van der Waals surface area contributed by atoms with Crippen molar-refractivity contribution >= 4 is 5.69 Å². The van der Waals surface area contributed by atoms with Gasteiger partial charge in [0.15, 0.2) is 0 Å². The molecular weight excluding hydrogens is 307 g/mol. The summed E-state index contributed by atoms with van der Waals surface area (Å²) in [7, 11) is 0. The zero-order valence-corrected chi connectivity index (χ0v) is 11.2. The second-order valence-corrected chi connectivity index (χ2v) is 7.04. The molecule has 86 valence electrons. The molecule has 0 aliphatic rings. The number of halogens is 1. The van der Waals surface area contributed by atoms with Gasteiger partial charge in [-0.25, -0.2) is 0 Å². The van der Waals surface area contributed by atoms with Crippen LogP contribution in [-0.2, 0) is 5.41 Å². The van der Waals surface area contributed by atoms with E-state index in [-0.39, 0.29) is 5.41 Å². The van der Waals surface area contributed by atoms with E-state index in [9.17, 15) is 5.21 Å². The van der Waals surface area contributed by atoms with Crippen LogP contribution in [0.4, 0.5) is 5.69 Å². The first-order valence-corrected chi connectivity index (χ1v) is 6.74. The number of hydrogen-bond donors (Lipinski definition) is 3. The van der Waals surface area contributed by atoms with Crippen LogP contribution in [0.5, 0.6) is 0 Å². The topological polar surface area (TPSA) is 73.8 Å². The summed E-state index contributed by atoms with van der Waals surface area (Å²) in [4.78, 5) is 0. The summed E-state index contributed by atoms with van der Waals surface area (Å²) in [5.74, 6) is 0. The molecule has 0 aliphatic heterocycles. The maximum absolute atomic E-state index is 10.6. The van der Waals surface area contributed by atoms with Gasteiger partial charge in [0.1, 0.15) is 0 Å². The van der Waals surface area contributed by atoms with Gasteiger partial charge in [0, 0.05) is 0 Å². The fourth-order valence-electron chi connectivity index (χ4n) is 1.33. The van der Waals surface area contributed by atoms with Crippen LogP contribution in [0.25, 0.3) is 0 Å². The second-order valence-electron chi connectivity index (χ2n) is 4.33. The Kier molecular flexibility index (Phi) is 3.93. The standard InChI is InChI=1S/C10H16IN2O2/c1-10(2,3)8-6-7(11-13(14)15)4-5-9(8)12/h4-6,13-14H,12H2,1-3H3/q-1. The van der Waals surface area contributed by atoms with E-state index >= 15 is 0 Å². The third-order valence-electron chi connectivity index (χ3n) is 2.01. The van der Waals surface area contributed by atoms with Gasteiger partial charge in [0.2, 0.25) is 0 Å². The Morgan fingerprint density at radius 3 is 2.47 bits per heavy atom. The summed E-state index contributed by atoms with van der Waals surface area (Å²) in [6.07, 6.45) is 0. The van der Waals surface area contributed by atoms with Crippen molar-refractivity contribution < 1.29 is 30.1 Å². The molecule has 0 spiro atoms. The summed E-state index contributed by atoms with van der Waals surface area (Å²) >= 11 is -0.950. The van der Waals surface area contributed by atoms with E-state index in [1.165, 1.54) is 0 Å². The molecule has 4 nitrogen and oxygen atoms in total. The monoisotopic (exact) mass is 323 g/mol. The van der Waals surface area contributed by atoms with Crippen LogP contribution >= 0.6 is 0 Å². The number of nitrogens with one attached hydrogen (secondary N) is 1. The SMILES string of the molecule is CC(C)(C)c1cc([I-][NH+]([O-])O)ccc1N. The molecule has 0 radical (unpaired) electrons. The molecule has 0 bridgehead atoms. The molecule has 15 heavy (non-hydrogen) atoms. The minimum atomic E-state index is -0.950. The molecule has 0 aromatic heterocycles. The van der Waals surface area contributed by atoms with Crippen LogP contribution in [0.15, 0.2) is 18.2 Å². The van der Waals surface area contributed by atoms with Gasteiger partial charge in [-0.15, -0.1) is 0 Å². The average Bonchev–Trinajstić information content (AvgIpc) is 2.05. The molecule has 0 amide bonds. The van der Waals surface area contributed by atoms with Crippen LogP contribution in [0.2, 0.25) is 0 Å². The Labute approximate surface area is 100 Å². The predicted octanol–water partition coefficient (Wildman–Crippen LogP) is -2.49. The molecule has 0 fully saturated rings. The van der Waals surface area contributed by atoms with Crippen molar-refractivity contribution in [3.8, 4) is 0 Å². The third-order valence-corrected chi connectivity index (χ3v) is 3.77. The molecule has 0 heterocycles. The van der Waals surface area contributed by atoms with Crippen molar-refractivity contribution in [1.29, 1.82) is 0 Å². The summed E-state index contributed by atoms with van der Waals surface area (Å²) in [5, 5.41) is 19.4. The molecule has 1 aromatic rings. The fraction of sp³-hybridized carbons (Fsp3) is 0.400. The van der Waals surface area contributed by atoms with E-state index in [1.807, 2.05) is 12.1 Å². The number of nitrogens with two attached hydrogens (primary N) is 1. The number of nitrogen functional groups attached to an aromatic ring is 1. The molecule has 1 rings (SSSR count). The van der Waals surface area contributed by atoms with E-state index < -0.39 is 24.9 Å². The first-order chi connectivity index (χ1) is 6.80. The summed E-state index contributed by atoms with van der Waals surface area (Å²) in [6, 6.07) is 5.54. The number of benzene rings is 1. The van der Waals surface area contributed by atoms with Gasteiger partial charge in [0.25, 0.3) is 0 Å². The number of hydrogen-bond acceptors (Lipinski definition) is 3. The summed E-state index contributed by atoms with van der Waals surface area (Å²) in [6.45, 7) is 6.21. The molecule has 4 N–H and O–H groups in total. The van der Waals surface area contributed by atoms with Crippen molar-refractivity contribution in [2.75, 3.05) is 5.73 Å². The number of rotatable bonds is 2. The van der Waals surface area contributed by atoms with E-state index in [2.05, 4.69) is 20.8 Å². The molecule has 1 atom stereocenters. The van der Waals surface area contributed by atoms with E-state index in [1.54, 1.807) is 6.07 Å². The Hall–Kier alpha value is -0.370. The molecule has 5 heteroatoms. The van der Waals surface area contributed by atoms with E-state index in [0.717, 1.165) is 14.8 Å². The van der Waals surface area contributed by atoms with E-state index in [4.69, 9.17) is 10.9 Å². The van der Waals surface area contributed by atoms with Crippen LogP contribution in [-0.4, -0.2) is 5.21 Å². The zero-order valence-electron chi connectivity index (χ0n) is 9.04. The van der Waals surface area contributed by atoms with Gasteiger partial charge in [-0.2, -0.15) is 0 Å². The van der Waals surface area contributed by atoms with Gasteiger partial charge in [0.05, 0.1) is 0 Å². The minimum absolute atomic E-state index is 0.0393. The first kappa shape index (κ1) is 12.7. The third kappa shape index (κ3) is 3.60. The van der Waals surface area contributed by atoms with Crippen molar-refractivity contribution in [1.82, 2.24) is 0 Å². The van der Waals surface area contributed by atoms with Crippen molar-refractivity contribution in [2.45, 2.75) is 26.2 Å². The summed E-state index contributed by atoms with van der Waals surface area (Å²) < 4.78 is 0.193. The Bertz CT molecular complexity index is 348. The second kappa shape index (κ2) is 4.65. The maximum atomic E-state index is 10.6. The van der Waals surface area contributed by atoms with Gasteiger partial charge in [-0.3, -0.25) is 0 Å². The molecule has 1 unspecified atom stereocenters. The molecular formula is C10H16IN2O2-. The first-order valence-electron chi connectivity index (χ1n) is 4.58. The van der Waals surface area contributed by atoms with Crippen molar-refractivity contribution in [3.63, 3.8) is 0 Å². The van der Waals surface area contributed by atoms with Crippen LogP contribution in [0.3, 0.4) is 0 Å². The number of quaternary nitrogens is 1. The van der Waals surface area contributed by atoms with Crippen LogP contribution in [0.1, 0.15) is 26.3 Å². The van der Waals surface area contributed by atoms with Crippen molar-refractivity contribution in [2.24, 2.45) is 0 Å². The number of anilines is 1. The normalized spacial score (nSPS) is 14.2. The van der Waals surface area contributed by atoms with Crippen molar-refractivity contribution in [3.05, 3.63) is 32.5 Å². The molecule has 1 aromatic carbocycles.